The summed E-state index contributed by atoms with van der Waals surface area (Å²) in [5, 5.41) is 13.9. The van der Waals surface area contributed by atoms with E-state index in [0.717, 1.165) is 0 Å². The number of phenolic OH excluding ortho intramolecular Hbond substituents is 1. The van der Waals surface area contributed by atoms with Crippen molar-refractivity contribution in [2.24, 2.45) is 5.10 Å². The van der Waals surface area contributed by atoms with Crippen molar-refractivity contribution in [2.45, 2.75) is 0 Å². The van der Waals surface area contributed by atoms with Crippen LogP contribution in [0.4, 0.5) is 0 Å². The third kappa shape index (κ3) is 3.98. The molecule has 0 unspecified atom stereocenters. The topological polar surface area (TPSA) is 80.2 Å². The summed E-state index contributed by atoms with van der Waals surface area (Å²) in [7, 11) is 3.06. The van der Waals surface area contributed by atoms with Crippen molar-refractivity contribution in [3.8, 4) is 17.2 Å². The van der Waals surface area contributed by atoms with Crippen LogP contribution >= 0.6 is 27.5 Å². The summed E-state index contributed by atoms with van der Waals surface area (Å²) in [6.45, 7) is 0. The number of phenols is 1. The number of methoxy groups -OCH3 is 2. The van der Waals surface area contributed by atoms with E-state index in [4.69, 9.17) is 21.1 Å². The van der Waals surface area contributed by atoms with Gasteiger partial charge in [0.05, 0.1) is 36.0 Å². The normalized spacial score (nSPS) is 10.7. The van der Waals surface area contributed by atoms with Crippen molar-refractivity contribution >= 4 is 39.7 Å². The van der Waals surface area contributed by atoms with Gasteiger partial charge in [0.25, 0.3) is 5.91 Å². The van der Waals surface area contributed by atoms with Crippen LogP contribution in [0.25, 0.3) is 0 Å². The average Bonchev–Trinajstić information content (AvgIpc) is 2.58. The Morgan fingerprint density at radius 3 is 2.58 bits per heavy atom. The second-order valence-electron chi connectivity index (χ2n) is 4.56. The van der Waals surface area contributed by atoms with E-state index < -0.39 is 5.91 Å². The molecule has 0 aliphatic carbocycles. The average molecular weight is 414 g/mol. The monoisotopic (exact) mass is 412 g/mol. The summed E-state index contributed by atoms with van der Waals surface area (Å²) >= 11 is 9.22. The molecule has 2 aromatic rings. The lowest BCUT2D eigenvalue weighted by molar-refractivity contribution is 0.0952. The van der Waals surface area contributed by atoms with Crippen molar-refractivity contribution in [1.29, 1.82) is 0 Å². The van der Waals surface area contributed by atoms with E-state index in [-0.39, 0.29) is 11.3 Å². The van der Waals surface area contributed by atoms with Crippen LogP contribution in [0.3, 0.4) is 0 Å². The van der Waals surface area contributed by atoms with Crippen LogP contribution in [0.2, 0.25) is 5.02 Å². The van der Waals surface area contributed by atoms with E-state index in [0.29, 0.717) is 26.6 Å². The lowest BCUT2D eigenvalue weighted by atomic mass is 10.2. The number of ether oxygens (including phenoxy) is 2. The first-order valence-corrected chi connectivity index (χ1v) is 7.87. The first-order valence-electron chi connectivity index (χ1n) is 6.70. The van der Waals surface area contributed by atoms with Crippen molar-refractivity contribution < 1.29 is 19.4 Å². The van der Waals surface area contributed by atoms with E-state index in [1.165, 1.54) is 38.6 Å². The van der Waals surface area contributed by atoms with Gasteiger partial charge in [-0.15, -0.1) is 0 Å². The summed E-state index contributed by atoms with van der Waals surface area (Å²) in [5.74, 6) is 0.360. The summed E-state index contributed by atoms with van der Waals surface area (Å²) < 4.78 is 11.1. The Bertz CT molecular complexity index is 796. The van der Waals surface area contributed by atoms with Gasteiger partial charge in [0, 0.05) is 5.02 Å². The largest absolute Gasteiger partial charge is 0.507 e. The third-order valence-electron chi connectivity index (χ3n) is 3.11. The number of benzene rings is 2. The molecule has 0 saturated carbocycles. The van der Waals surface area contributed by atoms with E-state index >= 15 is 0 Å². The molecule has 0 atom stereocenters. The van der Waals surface area contributed by atoms with Crippen molar-refractivity contribution in [2.75, 3.05) is 14.2 Å². The fourth-order valence-corrected chi connectivity index (χ4v) is 2.68. The lowest BCUT2D eigenvalue weighted by Gasteiger charge is -2.10. The highest BCUT2D eigenvalue weighted by molar-refractivity contribution is 9.10. The van der Waals surface area contributed by atoms with Gasteiger partial charge in [0.15, 0.2) is 0 Å². The minimum atomic E-state index is -0.593. The van der Waals surface area contributed by atoms with E-state index in [1.807, 2.05) is 0 Å². The van der Waals surface area contributed by atoms with Crippen LogP contribution in [-0.4, -0.2) is 31.4 Å². The number of carbonyl (C=O) groups excluding carboxylic acids is 1. The smallest absolute Gasteiger partial charge is 0.275 e. The molecular formula is C16H14BrClN2O4. The number of hydrogen-bond acceptors (Lipinski definition) is 5. The van der Waals surface area contributed by atoms with Crippen LogP contribution in [0.15, 0.2) is 39.9 Å². The first-order chi connectivity index (χ1) is 11.5. The highest BCUT2D eigenvalue weighted by Crippen LogP contribution is 2.33. The Morgan fingerprint density at radius 1 is 1.25 bits per heavy atom. The second-order valence-corrected chi connectivity index (χ2v) is 5.79. The van der Waals surface area contributed by atoms with Crippen LogP contribution in [-0.2, 0) is 0 Å². The molecule has 6 nitrogen and oxygen atoms in total. The molecule has 0 aromatic heterocycles. The molecular weight excluding hydrogens is 400 g/mol. The second kappa shape index (κ2) is 8.03. The number of hydrazone groups is 1. The number of aromatic hydroxyl groups is 1. The number of nitrogens with zero attached hydrogens (tertiary/aromatic N) is 1. The van der Waals surface area contributed by atoms with E-state index in [2.05, 4.69) is 26.5 Å². The van der Waals surface area contributed by atoms with Crippen LogP contribution in [0, 0.1) is 0 Å². The van der Waals surface area contributed by atoms with E-state index in [1.54, 1.807) is 12.1 Å². The van der Waals surface area contributed by atoms with Crippen molar-refractivity contribution in [3.05, 3.63) is 51.0 Å². The fourth-order valence-electron chi connectivity index (χ4n) is 1.92. The molecule has 0 aliphatic heterocycles. The highest BCUT2D eigenvalue weighted by Gasteiger charge is 2.13. The van der Waals surface area contributed by atoms with Crippen molar-refractivity contribution in [1.82, 2.24) is 5.43 Å². The zero-order chi connectivity index (χ0) is 17.7. The molecule has 0 aliphatic rings. The zero-order valence-corrected chi connectivity index (χ0v) is 15.2. The Hall–Kier alpha value is -2.25. The molecule has 126 valence electrons. The fraction of sp³-hybridized carbons (Fsp3) is 0.125. The van der Waals surface area contributed by atoms with Gasteiger partial charge in [0.1, 0.15) is 17.2 Å². The maximum Gasteiger partial charge on any atom is 0.275 e. The molecule has 0 fully saturated rings. The number of halogens is 2. The van der Waals surface area contributed by atoms with Crippen molar-refractivity contribution in [3.63, 3.8) is 0 Å². The SMILES string of the molecule is COc1ccc(OC)c(/C=N\NC(=O)c2cc(Cl)ccc2O)c1Br. The molecule has 0 saturated heterocycles. The molecule has 8 heteroatoms. The molecule has 2 rings (SSSR count). The molecule has 24 heavy (non-hydrogen) atoms. The number of rotatable bonds is 5. The Labute approximate surface area is 152 Å². The molecule has 2 aromatic carbocycles. The van der Waals surface area contributed by atoms with Gasteiger partial charge in [-0.2, -0.15) is 5.10 Å². The summed E-state index contributed by atoms with van der Waals surface area (Å²) in [6.07, 6.45) is 1.41. The van der Waals surface area contributed by atoms with Gasteiger partial charge in [-0.3, -0.25) is 4.79 Å². The highest BCUT2D eigenvalue weighted by atomic mass is 79.9. The van der Waals surface area contributed by atoms with Gasteiger partial charge >= 0.3 is 0 Å². The maximum absolute atomic E-state index is 12.1. The minimum Gasteiger partial charge on any atom is -0.507 e. The first kappa shape index (κ1) is 18.1. The predicted octanol–water partition coefficient (Wildman–Crippen LogP) is 3.59. The van der Waals surface area contributed by atoms with Gasteiger partial charge in [-0.25, -0.2) is 5.43 Å². The van der Waals surface area contributed by atoms with Crippen LogP contribution in [0.5, 0.6) is 17.2 Å². The van der Waals surface area contributed by atoms with Gasteiger partial charge in [0.2, 0.25) is 0 Å². The summed E-state index contributed by atoms with van der Waals surface area (Å²) in [6, 6.07) is 7.62. The number of amides is 1. The summed E-state index contributed by atoms with van der Waals surface area (Å²) in [4.78, 5) is 12.1. The number of hydrogen-bond donors (Lipinski definition) is 2. The van der Waals surface area contributed by atoms with Gasteiger partial charge in [-0.1, -0.05) is 11.6 Å². The standard InChI is InChI=1S/C16H14BrClN2O4/c1-23-13-5-6-14(24-2)15(17)11(13)8-19-20-16(22)10-7-9(18)3-4-12(10)21/h3-8,21H,1-2H3,(H,20,22)/b19-8-. The number of carbonyl (C=O) groups is 1. The van der Waals surface area contributed by atoms with E-state index in [9.17, 15) is 9.90 Å². The Balaban J connectivity index is 2.23. The Morgan fingerprint density at radius 2 is 1.92 bits per heavy atom. The number of nitrogens with one attached hydrogen (secondary N) is 1. The lowest BCUT2D eigenvalue weighted by Crippen LogP contribution is -2.17. The molecule has 0 spiro atoms. The van der Waals surface area contributed by atoms with Crippen LogP contribution < -0.4 is 14.9 Å². The molecule has 2 N–H and O–H groups in total. The van der Waals surface area contributed by atoms with Gasteiger partial charge in [-0.05, 0) is 46.3 Å². The molecule has 0 heterocycles. The van der Waals surface area contributed by atoms with Gasteiger partial charge < -0.3 is 14.6 Å². The molecule has 1 amide bonds. The predicted molar refractivity (Wildman–Crippen MR) is 95.4 cm³/mol. The molecule has 0 radical (unpaired) electrons. The maximum atomic E-state index is 12.1. The van der Waals surface area contributed by atoms with Crippen LogP contribution in [0.1, 0.15) is 15.9 Å². The zero-order valence-electron chi connectivity index (χ0n) is 12.8. The third-order valence-corrected chi connectivity index (χ3v) is 4.16. The quantitative estimate of drug-likeness (QED) is 0.580. The Kier molecular flexibility index (Phi) is 6.05. The summed E-state index contributed by atoms with van der Waals surface area (Å²) in [5.41, 5.74) is 2.94. The molecule has 0 bridgehead atoms. The minimum absolute atomic E-state index is 0.0244.